The van der Waals surface area contributed by atoms with E-state index in [-0.39, 0.29) is 5.69 Å². The zero-order valence-corrected chi connectivity index (χ0v) is 11.5. The summed E-state index contributed by atoms with van der Waals surface area (Å²) in [7, 11) is 0. The molecule has 3 aromatic rings. The average molecular weight is 292 g/mol. The largest absolute Gasteiger partial charge is 0.477 e. The molecule has 0 radical (unpaired) electrons. The van der Waals surface area contributed by atoms with Crippen molar-refractivity contribution in [1.29, 1.82) is 0 Å². The molecule has 0 spiro atoms. The molecule has 0 amide bonds. The van der Waals surface area contributed by atoms with Crippen LogP contribution in [0.25, 0.3) is 17.8 Å². The Morgan fingerprint density at radius 2 is 1.91 bits per heavy atom. The van der Waals surface area contributed by atoms with Gasteiger partial charge in [0.25, 0.3) is 0 Å². The summed E-state index contributed by atoms with van der Waals surface area (Å²) in [6.07, 6.45) is 6.49. The van der Waals surface area contributed by atoms with Gasteiger partial charge in [0.05, 0.1) is 23.3 Å². The summed E-state index contributed by atoms with van der Waals surface area (Å²) in [6.45, 7) is 0. The fourth-order valence-electron chi connectivity index (χ4n) is 1.98. The number of rotatable bonds is 4. The van der Waals surface area contributed by atoms with Gasteiger partial charge in [-0.25, -0.2) is 19.4 Å². The average Bonchev–Trinajstić information content (AvgIpc) is 3.02. The maximum absolute atomic E-state index is 10.9. The zero-order valence-electron chi connectivity index (χ0n) is 11.5. The van der Waals surface area contributed by atoms with Crippen molar-refractivity contribution in [1.82, 2.24) is 19.7 Å². The third kappa shape index (κ3) is 2.90. The van der Waals surface area contributed by atoms with E-state index in [2.05, 4.69) is 15.1 Å². The fraction of sp³-hybridized carbons (Fsp3) is 0. The third-order valence-corrected chi connectivity index (χ3v) is 3.00. The molecule has 6 heteroatoms. The van der Waals surface area contributed by atoms with Crippen molar-refractivity contribution >= 4 is 18.1 Å². The molecule has 108 valence electrons. The number of benzene rings is 1. The van der Waals surface area contributed by atoms with E-state index in [0.29, 0.717) is 5.69 Å². The third-order valence-electron chi connectivity index (χ3n) is 3.00. The van der Waals surface area contributed by atoms with Crippen molar-refractivity contribution in [3.63, 3.8) is 0 Å². The van der Waals surface area contributed by atoms with E-state index in [1.165, 1.54) is 12.4 Å². The van der Waals surface area contributed by atoms with E-state index in [0.717, 1.165) is 11.4 Å². The Balaban J connectivity index is 1.90. The molecule has 0 saturated carbocycles. The molecule has 0 bridgehead atoms. The zero-order chi connectivity index (χ0) is 15.4. The Morgan fingerprint density at radius 1 is 1.09 bits per heavy atom. The van der Waals surface area contributed by atoms with Crippen LogP contribution in [0.5, 0.6) is 0 Å². The minimum absolute atomic E-state index is 0.0359. The molecule has 0 atom stereocenters. The molecule has 6 nitrogen and oxygen atoms in total. The lowest BCUT2D eigenvalue weighted by molar-refractivity contribution is 0.0690. The summed E-state index contributed by atoms with van der Waals surface area (Å²) in [5.74, 6) is -1.08. The van der Waals surface area contributed by atoms with E-state index < -0.39 is 5.97 Å². The first kappa shape index (κ1) is 13.7. The second-order valence-corrected chi connectivity index (χ2v) is 4.47. The van der Waals surface area contributed by atoms with Gasteiger partial charge in [-0.05, 0) is 36.4 Å². The maximum atomic E-state index is 10.9. The summed E-state index contributed by atoms with van der Waals surface area (Å²) in [5, 5.41) is 13.2. The fourth-order valence-corrected chi connectivity index (χ4v) is 1.98. The number of carbonyl (C=O) groups is 1. The lowest BCUT2D eigenvalue weighted by atomic mass is 10.2. The van der Waals surface area contributed by atoms with Crippen molar-refractivity contribution in [3.8, 4) is 5.69 Å². The highest BCUT2D eigenvalue weighted by Gasteiger charge is 2.05. The van der Waals surface area contributed by atoms with Crippen molar-refractivity contribution in [2.45, 2.75) is 0 Å². The Bertz CT molecular complexity index is 825. The van der Waals surface area contributed by atoms with E-state index in [4.69, 9.17) is 5.11 Å². The number of carboxylic acids is 1. The highest BCUT2D eigenvalue weighted by molar-refractivity contribution is 5.86. The Kier molecular flexibility index (Phi) is 3.74. The highest BCUT2D eigenvalue weighted by Crippen LogP contribution is 2.12. The monoisotopic (exact) mass is 292 g/mol. The first-order chi connectivity index (χ1) is 10.7. The van der Waals surface area contributed by atoms with Crippen LogP contribution in [0.3, 0.4) is 0 Å². The Hall–Kier alpha value is -3.28. The Labute approximate surface area is 126 Å². The van der Waals surface area contributed by atoms with Gasteiger partial charge in [0.2, 0.25) is 0 Å². The van der Waals surface area contributed by atoms with Crippen LogP contribution in [0.15, 0.2) is 55.0 Å². The molecule has 1 aromatic carbocycles. The lowest BCUT2D eigenvalue weighted by Crippen LogP contribution is -2.01. The van der Waals surface area contributed by atoms with Crippen molar-refractivity contribution in [2.75, 3.05) is 0 Å². The topological polar surface area (TPSA) is 80.9 Å². The van der Waals surface area contributed by atoms with Crippen molar-refractivity contribution in [2.24, 2.45) is 0 Å². The molecule has 2 aromatic heterocycles. The molecule has 0 aliphatic carbocycles. The summed E-state index contributed by atoms with van der Waals surface area (Å²) >= 11 is 0. The van der Waals surface area contributed by atoms with Crippen LogP contribution < -0.4 is 0 Å². The molecule has 3 rings (SSSR count). The van der Waals surface area contributed by atoms with E-state index in [1.54, 1.807) is 17.0 Å². The number of aromatic nitrogens is 4. The number of hydrogen-bond acceptors (Lipinski definition) is 4. The van der Waals surface area contributed by atoms with Crippen molar-refractivity contribution in [3.05, 3.63) is 72.1 Å². The SMILES string of the molecule is O=C(O)c1cc(/C=C/c2ccnn2-c2ccccc2)ncn1. The van der Waals surface area contributed by atoms with Crippen LogP contribution in [0.4, 0.5) is 0 Å². The molecule has 0 fully saturated rings. The van der Waals surface area contributed by atoms with Crippen LogP contribution in [0.1, 0.15) is 21.9 Å². The van der Waals surface area contributed by atoms with Gasteiger partial charge in [0.1, 0.15) is 6.33 Å². The molecule has 0 aliphatic heterocycles. The lowest BCUT2D eigenvalue weighted by Gasteiger charge is -2.03. The van der Waals surface area contributed by atoms with Gasteiger partial charge < -0.3 is 5.11 Å². The maximum Gasteiger partial charge on any atom is 0.354 e. The van der Waals surface area contributed by atoms with Crippen LogP contribution in [-0.4, -0.2) is 30.8 Å². The number of carboxylic acid groups (broad SMARTS) is 1. The first-order valence-corrected chi connectivity index (χ1v) is 6.57. The van der Waals surface area contributed by atoms with Gasteiger partial charge in [-0.1, -0.05) is 18.2 Å². The minimum Gasteiger partial charge on any atom is -0.477 e. The molecule has 1 N–H and O–H groups in total. The quantitative estimate of drug-likeness (QED) is 0.799. The van der Waals surface area contributed by atoms with Gasteiger partial charge in [-0.2, -0.15) is 5.10 Å². The summed E-state index contributed by atoms with van der Waals surface area (Å²) in [6, 6.07) is 13.0. The minimum atomic E-state index is -1.08. The molecule has 22 heavy (non-hydrogen) atoms. The predicted molar refractivity (Wildman–Crippen MR) is 81.5 cm³/mol. The number of aromatic carboxylic acids is 1. The van der Waals surface area contributed by atoms with Crippen LogP contribution >= 0.6 is 0 Å². The summed E-state index contributed by atoms with van der Waals surface area (Å²) < 4.78 is 1.79. The van der Waals surface area contributed by atoms with Crippen LogP contribution in [0.2, 0.25) is 0 Å². The van der Waals surface area contributed by atoms with Crippen LogP contribution in [-0.2, 0) is 0 Å². The Morgan fingerprint density at radius 3 is 2.68 bits per heavy atom. The highest BCUT2D eigenvalue weighted by atomic mass is 16.4. The van der Waals surface area contributed by atoms with Gasteiger partial charge in [-0.3, -0.25) is 0 Å². The molecular weight excluding hydrogens is 280 g/mol. The normalized spacial score (nSPS) is 10.9. The van der Waals surface area contributed by atoms with E-state index in [1.807, 2.05) is 42.5 Å². The van der Waals surface area contributed by atoms with Gasteiger partial charge in [-0.15, -0.1) is 0 Å². The second-order valence-electron chi connectivity index (χ2n) is 4.47. The molecule has 0 saturated heterocycles. The first-order valence-electron chi connectivity index (χ1n) is 6.57. The summed E-state index contributed by atoms with van der Waals surface area (Å²) in [4.78, 5) is 18.6. The standard InChI is InChI=1S/C16H12N4O2/c21-16(22)15-10-12(17-11-18-15)6-7-14-8-9-19-20(14)13-4-2-1-3-5-13/h1-11H,(H,21,22)/b7-6+. The molecular formula is C16H12N4O2. The molecule has 0 aliphatic rings. The van der Waals surface area contributed by atoms with Gasteiger partial charge in [0, 0.05) is 0 Å². The summed E-state index contributed by atoms with van der Waals surface area (Å²) in [5.41, 5.74) is 2.29. The van der Waals surface area contributed by atoms with E-state index in [9.17, 15) is 4.79 Å². The molecule has 2 heterocycles. The molecule has 0 unspecified atom stereocenters. The number of para-hydroxylation sites is 1. The van der Waals surface area contributed by atoms with Crippen molar-refractivity contribution < 1.29 is 9.90 Å². The van der Waals surface area contributed by atoms with Gasteiger partial charge in [0.15, 0.2) is 5.69 Å². The predicted octanol–water partition coefficient (Wildman–Crippen LogP) is 2.53. The second kappa shape index (κ2) is 6.01. The van der Waals surface area contributed by atoms with Crippen LogP contribution in [0, 0.1) is 0 Å². The van der Waals surface area contributed by atoms with E-state index >= 15 is 0 Å². The number of hydrogen-bond donors (Lipinski definition) is 1. The van der Waals surface area contributed by atoms with Gasteiger partial charge >= 0.3 is 5.97 Å². The number of nitrogens with zero attached hydrogens (tertiary/aromatic N) is 4. The smallest absolute Gasteiger partial charge is 0.354 e.